The van der Waals surface area contributed by atoms with Crippen molar-refractivity contribution in [3.63, 3.8) is 0 Å². The van der Waals surface area contributed by atoms with Crippen LogP contribution in [0.3, 0.4) is 0 Å². The average molecular weight is 310 g/mol. The first-order chi connectivity index (χ1) is 11.8. The molecular weight excluding hydrogens is 292 g/mol. The molecule has 5 rings (SSSR count). The van der Waals surface area contributed by atoms with Crippen molar-refractivity contribution in [3.8, 4) is 22.6 Å². The number of rotatable bonds is 1. The lowest BCUT2D eigenvalue weighted by Crippen LogP contribution is -2.05. The van der Waals surface area contributed by atoms with Crippen molar-refractivity contribution < 1.29 is 0 Å². The van der Waals surface area contributed by atoms with Gasteiger partial charge in [0.1, 0.15) is 0 Å². The maximum atomic E-state index is 5.01. The van der Waals surface area contributed by atoms with Gasteiger partial charge in [-0.25, -0.2) is 4.98 Å². The molecule has 2 heteroatoms. The molecule has 0 atom stereocenters. The van der Waals surface area contributed by atoms with Crippen LogP contribution in [0.25, 0.3) is 33.5 Å². The van der Waals surface area contributed by atoms with E-state index in [4.69, 9.17) is 4.98 Å². The van der Waals surface area contributed by atoms with Crippen molar-refractivity contribution in [2.45, 2.75) is 19.8 Å². The number of nitrogens with one attached hydrogen (secondary N) is 1. The van der Waals surface area contributed by atoms with E-state index in [9.17, 15) is 0 Å². The van der Waals surface area contributed by atoms with Crippen LogP contribution in [0.4, 0.5) is 0 Å². The minimum absolute atomic E-state index is 1.04. The smallest absolute Gasteiger partial charge is 0.0907 e. The third kappa shape index (κ3) is 2.00. The predicted molar refractivity (Wildman–Crippen MR) is 99.1 cm³/mol. The highest BCUT2D eigenvalue weighted by molar-refractivity contribution is 5.92. The summed E-state index contributed by atoms with van der Waals surface area (Å²) < 4.78 is 0. The zero-order valence-corrected chi connectivity index (χ0v) is 13.6. The van der Waals surface area contributed by atoms with Gasteiger partial charge in [-0.05, 0) is 49.1 Å². The van der Waals surface area contributed by atoms with Crippen molar-refractivity contribution in [2.75, 3.05) is 0 Å². The molecule has 0 amide bonds. The van der Waals surface area contributed by atoms with Crippen molar-refractivity contribution in [3.05, 3.63) is 77.4 Å². The van der Waals surface area contributed by atoms with Crippen LogP contribution in [0.15, 0.2) is 60.7 Å². The molecule has 0 saturated heterocycles. The Morgan fingerprint density at radius 1 is 0.917 bits per heavy atom. The van der Waals surface area contributed by atoms with Gasteiger partial charge in [-0.1, -0.05) is 48.0 Å². The van der Waals surface area contributed by atoms with E-state index in [0.29, 0.717) is 0 Å². The van der Waals surface area contributed by atoms with Gasteiger partial charge in [-0.15, -0.1) is 0 Å². The Hall–Kier alpha value is -2.87. The minimum Gasteiger partial charge on any atom is -0.353 e. The Bertz CT molecular complexity index is 1060. The van der Waals surface area contributed by atoms with E-state index in [1.54, 1.807) is 0 Å². The first-order valence-electron chi connectivity index (χ1n) is 8.46. The van der Waals surface area contributed by atoms with Gasteiger partial charge in [-0.2, -0.15) is 0 Å². The van der Waals surface area contributed by atoms with Gasteiger partial charge >= 0.3 is 0 Å². The first-order valence-corrected chi connectivity index (χ1v) is 8.46. The maximum Gasteiger partial charge on any atom is 0.0907 e. The Balaban J connectivity index is 1.74. The summed E-state index contributed by atoms with van der Waals surface area (Å²) in [7, 11) is 0. The maximum absolute atomic E-state index is 5.01. The van der Waals surface area contributed by atoms with Gasteiger partial charge in [0.05, 0.1) is 17.1 Å². The first kappa shape index (κ1) is 13.6. The number of benzene rings is 2. The number of hydrogen-bond donors (Lipinski definition) is 1. The van der Waals surface area contributed by atoms with Crippen LogP contribution in [0, 0.1) is 6.92 Å². The summed E-state index contributed by atoms with van der Waals surface area (Å²) in [6.45, 7) is 2.15. The molecule has 116 valence electrons. The lowest BCUT2D eigenvalue weighted by molar-refractivity contribution is 0.932. The van der Waals surface area contributed by atoms with Crippen LogP contribution < -0.4 is 0 Å². The molecule has 0 bridgehead atoms. The molecule has 2 heterocycles. The Morgan fingerprint density at radius 3 is 2.67 bits per heavy atom. The zero-order valence-electron chi connectivity index (χ0n) is 13.6. The number of aromatic amines is 1. The van der Waals surface area contributed by atoms with Crippen LogP contribution >= 0.6 is 0 Å². The minimum atomic E-state index is 1.04. The molecule has 0 fully saturated rings. The predicted octanol–water partition coefficient (Wildman–Crippen LogP) is 5.30. The van der Waals surface area contributed by atoms with E-state index in [0.717, 1.165) is 24.2 Å². The standard InChI is InChI=1S/C22H18N2/c1-14-7-11-20-18(13-14)17-10-8-16-9-12-19(15-5-3-2-4-6-15)23-21(16)22(17)24-20/h2-7,9,11-13,24H,8,10H2,1H3. The lowest BCUT2D eigenvalue weighted by Gasteiger charge is -2.17. The van der Waals surface area contributed by atoms with E-state index >= 15 is 0 Å². The van der Waals surface area contributed by atoms with Crippen molar-refractivity contribution in [1.29, 1.82) is 0 Å². The molecule has 0 spiro atoms. The molecular formula is C22H18N2. The monoisotopic (exact) mass is 310 g/mol. The van der Waals surface area contributed by atoms with Gasteiger partial charge in [0.2, 0.25) is 0 Å². The highest BCUT2D eigenvalue weighted by Gasteiger charge is 2.22. The van der Waals surface area contributed by atoms with Crippen LogP contribution in [-0.2, 0) is 12.8 Å². The van der Waals surface area contributed by atoms with Crippen LogP contribution in [0.2, 0.25) is 0 Å². The third-order valence-corrected chi connectivity index (χ3v) is 4.99. The fraction of sp³-hybridized carbons (Fsp3) is 0.136. The molecule has 0 unspecified atom stereocenters. The molecule has 1 aliphatic carbocycles. The molecule has 0 saturated carbocycles. The SMILES string of the molecule is Cc1ccc2[nH]c3c(c2c1)CCc1ccc(-c2ccccc2)nc1-3. The highest BCUT2D eigenvalue weighted by Crippen LogP contribution is 2.37. The summed E-state index contributed by atoms with van der Waals surface area (Å²) >= 11 is 0. The third-order valence-electron chi connectivity index (χ3n) is 4.99. The van der Waals surface area contributed by atoms with E-state index in [2.05, 4.69) is 66.5 Å². The molecule has 2 aromatic carbocycles. The molecule has 2 aromatic heterocycles. The van der Waals surface area contributed by atoms with E-state index in [-0.39, 0.29) is 0 Å². The fourth-order valence-corrected chi connectivity index (χ4v) is 3.76. The number of hydrogen-bond acceptors (Lipinski definition) is 1. The summed E-state index contributed by atoms with van der Waals surface area (Å²) in [6.07, 6.45) is 2.14. The molecule has 4 aromatic rings. The van der Waals surface area contributed by atoms with E-state index in [1.807, 2.05) is 6.07 Å². The number of nitrogens with zero attached hydrogens (tertiary/aromatic N) is 1. The van der Waals surface area contributed by atoms with Gasteiger partial charge in [0.15, 0.2) is 0 Å². The normalized spacial score (nSPS) is 12.9. The molecule has 1 N–H and O–H groups in total. The molecule has 24 heavy (non-hydrogen) atoms. The summed E-state index contributed by atoms with van der Waals surface area (Å²) in [5.74, 6) is 0. The summed E-state index contributed by atoms with van der Waals surface area (Å²) in [5, 5.41) is 1.35. The lowest BCUT2D eigenvalue weighted by atomic mass is 9.91. The van der Waals surface area contributed by atoms with Gasteiger partial charge < -0.3 is 4.98 Å². The quantitative estimate of drug-likeness (QED) is 0.507. The second-order valence-corrected chi connectivity index (χ2v) is 6.60. The van der Waals surface area contributed by atoms with Crippen LogP contribution in [0.5, 0.6) is 0 Å². The number of fused-ring (bicyclic) bond motifs is 5. The number of aromatic nitrogens is 2. The largest absolute Gasteiger partial charge is 0.353 e. The Morgan fingerprint density at radius 2 is 1.79 bits per heavy atom. The summed E-state index contributed by atoms with van der Waals surface area (Å²) in [5.41, 5.74) is 9.80. The van der Waals surface area contributed by atoms with Crippen LogP contribution in [-0.4, -0.2) is 9.97 Å². The highest BCUT2D eigenvalue weighted by atomic mass is 14.8. The molecule has 0 aliphatic heterocycles. The van der Waals surface area contributed by atoms with E-state index in [1.165, 1.54) is 38.9 Å². The van der Waals surface area contributed by atoms with Gasteiger partial charge in [0, 0.05) is 16.5 Å². The van der Waals surface area contributed by atoms with Gasteiger partial charge in [0.25, 0.3) is 0 Å². The summed E-state index contributed by atoms with van der Waals surface area (Å²) in [6, 6.07) is 21.4. The van der Waals surface area contributed by atoms with Crippen LogP contribution in [0.1, 0.15) is 16.7 Å². The number of aryl methyl sites for hydroxylation is 3. The van der Waals surface area contributed by atoms with Gasteiger partial charge in [-0.3, -0.25) is 0 Å². The molecule has 2 nitrogen and oxygen atoms in total. The van der Waals surface area contributed by atoms with Crippen molar-refractivity contribution in [1.82, 2.24) is 9.97 Å². The Kier molecular flexibility index (Phi) is 2.86. The Labute approximate surface area is 141 Å². The number of H-pyrrole nitrogens is 1. The zero-order chi connectivity index (χ0) is 16.1. The fourth-order valence-electron chi connectivity index (χ4n) is 3.76. The topological polar surface area (TPSA) is 28.7 Å². The van der Waals surface area contributed by atoms with Crippen molar-refractivity contribution in [2.24, 2.45) is 0 Å². The average Bonchev–Trinajstić information content (AvgIpc) is 3.00. The second kappa shape index (κ2) is 5.07. The molecule has 0 radical (unpaired) electrons. The molecule has 1 aliphatic rings. The summed E-state index contributed by atoms with van der Waals surface area (Å²) in [4.78, 5) is 8.63. The van der Waals surface area contributed by atoms with E-state index < -0.39 is 0 Å². The second-order valence-electron chi connectivity index (χ2n) is 6.60. The number of pyridine rings is 1. The van der Waals surface area contributed by atoms with Crippen molar-refractivity contribution >= 4 is 10.9 Å².